The molecule has 4 heterocycles. The molecule has 1 saturated heterocycles. The van der Waals surface area contributed by atoms with Crippen LogP contribution >= 0.6 is 0 Å². The normalized spacial score (nSPS) is 18.8. The molecule has 9 heteroatoms. The zero-order chi connectivity index (χ0) is 25.0. The van der Waals surface area contributed by atoms with Crippen molar-refractivity contribution in [2.75, 3.05) is 32.8 Å². The van der Waals surface area contributed by atoms with Gasteiger partial charge < -0.3 is 14.5 Å². The largest absolute Gasteiger partial charge is 0.463 e. The molecule has 192 valence electrons. The molecule has 2 aliphatic rings. The van der Waals surface area contributed by atoms with Crippen molar-refractivity contribution in [2.45, 2.75) is 63.8 Å². The van der Waals surface area contributed by atoms with Crippen LogP contribution in [-0.2, 0) is 4.74 Å². The molecule has 5 rings (SSSR count). The number of hydrogen-bond donors (Lipinski definition) is 1. The number of morpholine rings is 1. The van der Waals surface area contributed by atoms with E-state index in [2.05, 4.69) is 39.1 Å². The maximum absolute atomic E-state index is 13.6. The highest BCUT2D eigenvalue weighted by molar-refractivity contribution is 5.95. The minimum atomic E-state index is -0.0935. The van der Waals surface area contributed by atoms with Gasteiger partial charge in [-0.1, -0.05) is 39.5 Å². The summed E-state index contributed by atoms with van der Waals surface area (Å²) in [6.45, 7) is 8.12. The van der Waals surface area contributed by atoms with Crippen molar-refractivity contribution >= 4 is 5.91 Å². The van der Waals surface area contributed by atoms with Gasteiger partial charge in [0.15, 0.2) is 5.76 Å². The lowest BCUT2D eigenvalue weighted by Gasteiger charge is -2.45. The summed E-state index contributed by atoms with van der Waals surface area (Å²) in [5.41, 5.74) is 2.03. The van der Waals surface area contributed by atoms with E-state index in [0.29, 0.717) is 29.5 Å². The number of carbonyl (C=O) groups excluding carboxylic acids is 1. The molecule has 9 nitrogen and oxygen atoms in total. The Labute approximate surface area is 212 Å². The first kappa shape index (κ1) is 24.6. The van der Waals surface area contributed by atoms with Crippen LogP contribution < -0.4 is 5.32 Å². The number of nitrogens with zero attached hydrogens (tertiary/aromatic N) is 5. The molecule has 0 atom stereocenters. The van der Waals surface area contributed by atoms with Crippen LogP contribution in [0.3, 0.4) is 0 Å². The minimum Gasteiger partial charge on any atom is -0.463 e. The second-order valence-corrected chi connectivity index (χ2v) is 10.1. The Morgan fingerprint density at radius 1 is 1.14 bits per heavy atom. The fourth-order valence-electron chi connectivity index (χ4n) is 5.63. The molecular formula is C27H36N6O3. The van der Waals surface area contributed by atoms with Crippen molar-refractivity contribution in [3.63, 3.8) is 0 Å². The molecule has 1 N–H and O–H groups in total. The lowest BCUT2D eigenvalue weighted by Crippen LogP contribution is -2.58. The third-order valence-corrected chi connectivity index (χ3v) is 7.50. The van der Waals surface area contributed by atoms with Crippen molar-refractivity contribution in [2.24, 2.45) is 0 Å². The maximum atomic E-state index is 13.6. The van der Waals surface area contributed by atoms with Crippen LogP contribution in [0.25, 0.3) is 17.4 Å². The Balaban J connectivity index is 1.39. The summed E-state index contributed by atoms with van der Waals surface area (Å²) < 4.78 is 12.8. The highest BCUT2D eigenvalue weighted by Gasteiger charge is 2.38. The Morgan fingerprint density at radius 3 is 2.61 bits per heavy atom. The van der Waals surface area contributed by atoms with E-state index < -0.39 is 0 Å². The average molecular weight is 493 g/mol. The van der Waals surface area contributed by atoms with Gasteiger partial charge in [-0.25, -0.2) is 14.6 Å². The van der Waals surface area contributed by atoms with Gasteiger partial charge in [-0.15, -0.1) is 0 Å². The lowest BCUT2D eigenvalue weighted by molar-refractivity contribution is -0.0281. The number of furan rings is 1. The fraction of sp³-hybridized carbons (Fsp3) is 0.556. The van der Waals surface area contributed by atoms with Gasteiger partial charge in [-0.05, 0) is 37.0 Å². The molecule has 0 spiro atoms. The van der Waals surface area contributed by atoms with Crippen molar-refractivity contribution in [3.05, 3.63) is 48.1 Å². The molecule has 0 radical (unpaired) electrons. The van der Waals surface area contributed by atoms with Crippen molar-refractivity contribution in [3.8, 4) is 17.4 Å². The van der Waals surface area contributed by atoms with Gasteiger partial charge in [0.25, 0.3) is 11.9 Å². The van der Waals surface area contributed by atoms with Crippen LogP contribution in [0.4, 0.5) is 0 Å². The second-order valence-electron chi connectivity index (χ2n) is 10.1. The van der Waals surface area contributed by atoms with Crippen LogP contribution in [0, 0.1) is 0 Å². The van der Waals surface area contributed by atoms with E-state index >= 15 is 0 Å². The van der Waals surface area contributed by atoms with E-state index in [1.807, 2.05) is 12.1 Å². The zero-order valence-corrected chi connectivity index (χ0v) is 21.3. The van der Waals surface area contributed by atoms with Crippen LogP contribution in [0.2, 0.25) is 0 Å². The van der Waals surface area contributed by atoms with Crippen LogP contribution in [-0.4, -0.2) is 68.9 Å². The van der Waals surface area contributed by atoms with Crippen molar-refractivity contribution in [1.29, 1.82) is 0 Å². The van der Waals surface area contributed by atoms with E-state index in [9.17, 15) is 4.79 Å². The summed E-state index contributed by atoms with van der Waals surface area (Å²) in [7, 11) is 0. The van der Waals surface area contributed by atoms with Gasteiger partial charge in [0.1, 0.15) is 5.69 Å². The molecule has 0 bridgehead atoms. The Hall–Kier alpha value is -3.04. The number of rotatable bonds is 7. The first-order chi connectivity index (χ1) is 17.6. The zero-order valence-electron chi connectivity index (χ0n) is 21.3. The molecule has 0 aromatic carbocycles. The molecule has 0 unspecified atom stereocenters. The standard InChI is InChI=1S/C27H36N6O3/c1-20(2)24-21(18-30-33(24)26-28-12-9-22(31-26)23-8-7-15-36-23)25(34)29-19-27(10-5-3-4-6-11-27)32-13-16-35-17-14-32/h7-9,12,15,18,20H,3-6,10-11,13-14,16-17,19H2,1-2H3,(H,29,34). The molecule has 2 fully saturated rings. The van der Waals surface area contributed by atoms with E-state index in [-0.39, 0.29) is 17.4 Å². The molecule has 1 amide bonds. The Morgan fingerprint density at radius 2 is 1.92 bits per heavy atom. The highest BCUT2D eigenvalue weighted by atomic mass is 16.5. The first-order valence-electron chi connectivity index (χ1n) is 13.1. The Bertz CT molecular complexity index is 1140. The third-order valence-electron chi connectivity index (χ3n) is 7.50. The summed E-state index contributed by atoms with van der Waals surface area (Å²) in [6, 6.07) is 5.48. The monoisotopic (exact) mass is 492 g/mol. The quantitative estimate of drug-likeness (QED) is 0.494. The Kier molecular flexibility index (Phi) is 7.48. The van der Waals surface area contributed by atoms with Crippen LogP contribution in [0.1, 0.15) is 74.3 Å². The third kappa shape index (κ3) is 5.08. The predicted molar refractivity (Wildman–Crippen MR) is 136 cm³/mol. The summed E-state index contributed by atoms with van der Waals surface area (Å²) in [5.74, 6) is 1.03. The van der Waals surface area contributed by atoms with Gasteiger partial charge in [-0.3, -0.25) is 9.69 Å². The molecule has 1 aliphatic heterocycles. The summed E-state index contributed by atoms with van der Waals surface area (Å²) in [6.07, 6.45) is 12.1. The van der Waals surface area contributed by atoms with Crippen LogP contribution in [0.5, 0.6) is 0 Å². The van der Waals surface area contributed by atoms with Gasteiger partial charge in [0.05, 0.1) is 36.9 Å². The second kappa shape index (κ2) is 10.9. The van der Waals surface area contributed by atoms with Gasteiger partial charge in [0.2, 0.25) is 0 Å². The maximum Gasteiger partial charge on any atom is 0.254 e. The molecule has 3 aromatic heterocycles. The smallest absolute Gasteiger partial charge is 0.254 e. The van der Waals surface area contributed by atoms with Crippen molar-refractivity contribution in [1.82, 2.24) is 30.0 Å². The molecular weight excluding hydrogens is 456 g/mol. The van der Waals surface area contributed by atoms with Crippen molar-refractivity contribution < 1.29 is 13.9 Å². The molecule has 3 aromatic rings. The molecule has 1 saturated carbocycles. The number of nitrogens with one attached hydrogen (secondary N) is 1. The average Bonchev–Trinajstić information content (AvgIpc) is 3.55. The number of ether oxygens (including phenoxy) is 1. The SMILES string of the molecule is CC(C)c1c(C(=O)NCC2(N3CCOCC3)CCCCCC2)cnn1-c1nccc(-c2ccco2)n1. The number of aromatic nitrogens is 4. The van der Waals surface area contributed by atoms with E-state index in [1.165, 1.54) is 25.7 Å². The van der Waals surface area contributed by atoms with Crippen LogP contribution in [0.15, 0.2) is 41.3 Å². The number of carbonyl (C=O) groups is 1. The van der Waals surface area contributed by atoms with Gasteiger partial charge >= 0.3 is 0 Å². The summed E-state index contributed by atoms with van der Waals surface area (Å²) in [4.78, 5) is 25.2. The van der Waals surface area contributed by atoms with Gasteiger partial charge in [-0.2, -0.15) is 5.10 Å². The molecule has 36 heavy (non-hydrogen) atoms. The molecule has 1 aliphatic carbocycles. The fourth-order valence-corrected chi connectivity index (χ4v) is 5.63. The lowest BCUT2D eigenvalue weighted by atomic mass is 9.87. The van der Waals surface area contributed by atoms with E-state index in [4.69, 9.17) is 9.15 Å². The predicted octanol–water partition coefficient (Wildman–Crippen LogP) is 4.20. The minimum absolute atomic E-state index is 0.00951. The topological polar surface area (TPSA) is 98.3 Å². The van der Waals surface area contributed by atoms with E-state index in [1.54, 1.807) is 29.4 Å². The first-order valence-corrected chi connectivity index (χ1v) is 13.1. The highest BCUT2D eigenvalue weighted by Crippen LogP contribution is 2.33. The number of amides is 1. The summed E-state index contributed by atoms with van der Waals surface area (Å²) >= 11 is 0. The summed E-state index contributed by atoms with van der Waals surface area (Å²) in [5, 5.41) is 7.84. The number of hydrogen-bond acceptors (Lipinski definition) is 7. The van der Waals surface area contributed by atoms with Gasteiger partial charge in [0, 0.05) is 31.4 Å². The van der Waals surface area contributed by atoms with E-state index in [0.717, 1.165) is 44.8 Å².